The van der Waals surface area contributed by atoms with E-state index in [1.165, 1.54) is 0 Å². The van der Waals surface area contributed by atoms with E-state index < -0.39 is 0 Å². The first kappa shape index (κ1) is 19.8. The molecule has 0 heterocycles. The summed E-state index contributed by atoms with van der Waals surface area (Å²) in [5.41, 5.74) is 2.18. The number of ether oxygens (including phenoxy) is 1. The molecule has 0 aliphatic carbocycles. The molecule has 1 unspecified atom stereocenters. The first-order chi connectivity index (χ1) is 10.7. The van der Waals surface area contributed by atoms with Crippen LogP contribution in [0.3, 0.4) is 0 Å². The van der Waals surface area contributed by atoms with Crippen molar-refractivity contribution in [2.75, 3.05) is 6.61 Å². The van der Waals surface area contributed by atoms with Gasteiger partial charge in [-0.2, -0.15) is 0 Å². The molecule has 0 bridgehead atoms. The highest BCUT2D eigenvalue weighted by atomic mass is 35.5. The van der Waals surface area contributed by atoms with Crippen molar-refractivity contribution in [3.05, 3.63) is 64.7 Å². The minimum Gasteiger partial charge on any atom is -0.487 e. The number of halogens is 2. The van der Waals surface area contributed by atoms with Crippen molar-refractivity contribution in [1.29, 1.82) is 0 Å². The molecule has 3 nitrogen and oxygen atoms in total. The zero-order valence-corrected chi connectivity index (χ0v) is 14.7. The molecule has 23 heavy (non-hydrogen) atoms. The van der Waals surface area contributed by atoms with Crippen LogP contribution in [0.15, 0.2) is 48.5 Å². The molecule has 2 N–H and O–H groups in total. The molecule has 2 aromatic carbocycles. The lowest BCUT2D eigenvalue weighted by Crippen LogP contribution is -2.31. The molecule has 0 fully saturated rings. The Hall–Kier alpha value is -1.26. The highest BCUT2D eigenvalue weighted by Gasteiger charge is 2.06. The molecule has 0 saturated heterocycles. The minimum absolute atomic E-state index is 0. The molecule has 0 aliphatic heterocycles. The molecule has 5 heteroatoms. The monoisotopic (exact) mass is 355 g/mol. The summed E-state index contributed by atoms with van der Waals surface area (Å²) in [5.74, 6) is 0.684. The first-order valence-corrected chi connectivity index (χ1v) is 7.90. The smallest absolute Gasteiger partial charge is 0.138 e. The van der Waals surface area contributed by atoms with E-state index in [1.807, 2.05) is 55.5 Å². The number of nitrogens with one attached hydrogen (secondary N) is 1. The molecule has 0 radical (unpaired) electrons. The number of benzene rings is 2. The second-order valence-electron chi connectivity index (χ2n) is 5.21. The molecule has 0 aliphatic rings. The van der Waals surface area contributed by atoms with Crippen LogP contribution in [-0.4, -0.2) is 17.8 Å². The van der Waals surface area contributed by atoms with Crippen molar-refractivity contribution in [1.82, 2.24) is 5.32 Å². The average Bonchev–Trinajstić information content (AvgIpc) is 2.56. The minimum atomic E-state index is 0. The van der Waals surface area contributed by atoms with Gasteiger partial charge in [-0.1, -0.05) is 54.9 Å². The van der Waals surface area contributed by atoms with Crippen LogP contribution in [0.25, 0.3) is 0 Å². The first-order valence-electron chi connectivity index (χ1n) is 7.52. The molecule has 1 atom stereocenters. The van der Waals surface area contributed by atoms with Gasteiger partial charge in [-0.05, 0) is 29.7 Å². The Morgan fingerprint density at radius 1 is 1.13 bits per heavy atom. The van der Waals surface area contributed by atoms with E-state index in [9.17, 15) is 5.11 Å². The van der Waals surface area contributed by atoms with Gasteiger partial charge in [-0.25, -0.2) is 0 Å². The summed E-state index contributed by atoms with van der Waals surface area (Å²) in [7, 11) is 0. The number of aliphatic hydroxyl groups is 1. The van der Waals surface area contributed by atoms with Crippen LogP contribution in [0.2, 0.25) is 5.02 Å². The zero-order chi connectivity index (χ0) is 15.8. The number of aliphatic hydroxyl groups excluding tert-OH is 1. The molecule has 2 rings (SSSR count). The number of rotatable bonds is 8. The Morgan fingerprint density at radius 2 is 1.87 bits per heavy atom. The van der Waals surface area contributed by atoms with Gasteiger partial charge in [-0.15, -0.1) is 12.4 Å². The molecule has 126 valence electrons. The van der Waals surface area contributed by atoms with Crippen molar-refractivity contribution < 1.29 is 9.84 Å². The molecular formula is C18H23Cl2NO2. The van der Waals surface area contributed by atoms with E-state index >= 15 is 0 Å². The van der Waals surface area contributed by atoms with Crippen molar-refractivity contribution >= 4 is 24.0 Å². The van der Waals surface area contributed by atoms with Gasteiger partial charge >= 0.3 is 0 Å². The van der Waals surface area contributed by atoms with Crippen LogP contribution in [0.1, 0.15) is 24.5 Å². The second-order valence-corrected chi connectivity index (χ2v) is 5.61. The van der Waals surface area contributed by atoms with Crippen LogP contribution in [-0.2, 0) is 13.2 Å². The van der Waals surface area contributed by atoms with Gasteiger partial charge in [0, 0.05) is 12.6 Å². The van der Waals surface area contributed by atoms with Gasteiger partial charge in [0.2, 0.25) is 0 Å². The predicted octanol–water partition coefficient (Wildman–Crippen LogP) is 4.20. The van der Waals surface area contributed by atoms with Gasteiger partial charge in [0.1, 0.15) is 12.4 Å². The van der Waals surface area contributed by atoms with E-state index in [0.717, 1.165) is 17.5 Å². The molecule has 2 aromatic rings. The SMILES string of the molecule is CCC(CO)NCc1ccc(OCc2ccccc2)c(Cl)c1.Cl. The van der Waals surface area contributed by atoms with Crippen molar-refractivity contribution in [2.24, 2.45) is 0 Å². The Morgan fingerprint density at radius 3 is 2.48 bits per heavy atom. The van der Waals surface area contributed by atoms with E-state index in [2.05, 4.69) is 5.32 Å². The summed E-state index contributed by atoms with van der Waals surface area (Å²) in [6, 6.07) is 15.9. The lowest BCUT2D eigenvalue weighted by Gasteiger charge is -2.15. The molecule has 0 saturated carbocycles. The number of hydrogen-bond donors (Lipinski definition) is 2. The summed E-state index contributed by atoms with van der Waals surface area (Å²) >= 11 is 6.28. The van der Waals surface area contributed by atoms with Crippen LogP contribution in [0.4, 0.5) is 0 Å². The lowest BCUT2D eigenvalue weighted by molar-refractivity contribution is 0.238. The van der Waals surface area contributed by atoms with Crippen molar-refractivity contribution in [3.8, 4) is 5.75 Å². The summed E-state index contributed by atoms with van der Waals surface area (Å²) in [4.78, 5) is 0. The molecular weight excluding hydrogens is 333 g/mol. The molecule has 0 aromatic heterocycles. The molecule has 0 spiro atoms. The third kappa shape index (κ3) is 6.40. The van der Waals surface area contributed by atoms with Gasteiger partial charge in [-0.3, -0.25) is 0 Å². The fraction of sp³-hybridized carbons (Fsp3) is 0.333. The van der Waals surface area contributed by atoms with Crippen molar-refractivity contribution in [3.63, 3.8) is 0 Å². The Kier molecular flexibility index (Phi) is 9.03. The number of hydrogen-bond acceptors (Lipinski definition) is 3. The van der Waals surface area contributed by atoms with Crippen molar-refractivity contribution in [2.45, 2.75) is 32.5 Å². The van der Waals surface area contributed by atoms with Crippen LogP contribution in [0.5, 0.6) is 5.75 Å². The topological polar surface area (TPSA) is 41.5 Å². The normalized spacial score (nSPS) is 11.6. The average molecular weight is 356 g/mol. The van der Waals surface area contributed by atoms with E-state index in [1.54, 1.807) is 0 Å². The fourth-order valence-electron chi connectivity index (χ4n) is 2.11. The van der Waals surface area contributed by atoms with E-state index in [0.29, 0.717) is 23.9 Å². The third-order valence-electron chi connectivity index (χ3n) is 3.54. The highest BCUT2D eigenvalue weighted by molar-refractivity contribution is 6.32. The van der Waals surface area contributed by atoms with Gasteiger partial charge in [0.25, 0.3) is 0 Å². The zero-order valence-electron chi connectivity index (χ0n) is 13.2. The maximum absolute atomic E-state index is 9.17. The maximum atomic E-state index is 9.17. The van der Waals surface area contributed by atoms with Crippen LogP contribution in [0, 0.1) is 0 Å². The largest absolute Gasteiger partial charge is 0.487 e. The van der Waals surface area contributed by atoms with E-state index in [4.69, 9.17) is 16.3 Å². The Bertz CT molecular complexity index is 574. The highest BCUT2D eigenvalue weighted by Crippen LogP contribution is 2.26. The third-order valence-corrected chi connectivity index (χ3v) is 3.84. The Labute approximate surface area is 149 Å². The summed E-state index contributed by atoms with van der Waals surface area (Å²) in [5, 5.41) is 13.1. The van der Waals surface area contributed by atoms with Crippen LogP contribution >= 0.6 is 24.0 Å². The lowest BCUT2D eigenvalue weighted by atomic mass is 10.2. The second kappa shape index (κ2) is 10.5. The fourth-order valence-corrected chi connectivity index (χ4v) is 2.36. The standard InChI is InChI=1S/C18H22ClNO2.ClH/c1-2-16(12-21)20-11-15-8-9-18(17(19)10-15)22-13-14-6-4-3-5-7-14;/h3-10,16,20-21H,2,11-13H2,1H3;1H. The molecule has 0 amide bonds. The van der Waals surface area contributed by atoms with Crippen LogP contribution < -0.4 is 10.1 Å². The quantitative estimate of drug-likeness (QED) is 0.745. The van der Waals surface area contributed by atoms with Gasteiger partial charge < -0.3 is 15.2 Å². The van der Waals surface area contributed by atoms with Gasteiger partial charge in [0.15, 0.2) is 0 Å². The maximum Gasteiger partial charge on any atom is 0.138 e. The summed E-state index contributed by atoms with van der Waals surface area (Å²) in [6.45, 7) is 3.36. The predicted molar refractivity (Wildman–Crippen MR) is 97.5 cm³/mol. The summed E-state index contributed by atoms with van der Waals surface area (Å²) < 4.78 is 5.75. The van der Waals surface area contributed by atoms with Gasteiger partial charge in [0.05, 0.1) is 11.6 Å². The summed E-state index contributed by atoms with van der Waals surface area (Å²) in [6.07, 6.45) is 0.891. The van der Waals surface area contributed by atoms with E-state index in [-0.39, 0.29) is 25.1 Å². The Balaban J connectivity index is 0.00000264.